The SMILES string of the molecule is N=C(Oc1cccnc1)c1ccccc1. The van der Waals surface area contributed by atoms with E-state index in [0.29, 0.717) is 5.75 Å². The molecule has 0 spiro atoms. The minimum atomic E-state index is 0.128. The molecule has 0 saturated carbocycles. The van der Waals surface area contributed by atoms with Crippen LogP contribution in [0.5, 0.6) is 5.75 Å². The topological polar surface area (TPSA) is 46.0 Å². The van der Waals surface area contributed by atoms with Crippen LogP contribution in [0.4, 0.5) is 0 Å². The van der Waals surface area contributed by atoms with Crippen LogP contribution >= 0.6 is 0 Å². The van der Waals surface area contributed by atoms with E-state index < -0.39 is 0 Å². The van der Waals surface area contributed by atoms with Crippen molar-refractivity contribution in [3.8, 4) is 5.75 Å². The molecule has 0 atom stereocenters. The Labute approximate surface area is 87.9 Å². The molecule has 15 heavy (non-hydrogen) atoms. The molecular weight excluding hydrogens is 188 g/mol. The third-order valence-electron chi connectivity index (χ3n) is 1.89. The summed E-state index contributed by atoms with van der Waals surface area (Å²) in [5.74, 6) is 0.704. The van der Waals surface area contributed by atoms with Gasteiger partial charge in [0.25, 0.3) is 0 Å². The number of rotatable bonds is 2. The summed E-state index contributed by atoms with van der Waals surface area (Å²) < 4.78 is 5.32. The first-order valence-electron chi connectivity index (χ1n) is 4.58. The van der Waals surface area contributed by atoms with Gasteiger partial charge in [0.1, 0.15) is 5.75 Å². The van der Waals surface area contributed by atoms with Crippen LogP contribution in [-0.2, 0) is 0 Å². The lowest BCUT2D eigenvalue weighted by Gasteiger charge is -2.05. The standard InChI is InChI=1S/C12H10N2O/c13-12(10-5-2-1-3-6-10)15-11-7-4-8-14-9-11/h1-9,13H. The summed E-state index contributed by atoms with van der Waals surface area (Å²) in [6, 6.07) is 12.9. The Kier molecular flexibility index (Phi) is 2.74. The van der Waals surface area contributed by atoms with Gasteiger partial charge in [0, 0.05) is 11.8 Å². The number of hydrogen-bond acceptors (Lipinski definition) is 3. The Morgan fingerprint density at radius 3 is 2.53 bits per heavy atom. The molecule has 0 aliphatic carbocycles. The number of hydrogen-bond donors (Lipinski definition) is 1. The van der Waals surface area contributed by atoms with Crippen LogP contribution in [0.15, 0.2) is 54.9 Å². The van der Waals surface area contributed by atoms with Gasteiger partial charge in [0.05, 0.1) is 6.20 Å². The van der Waals surface area contributed by atoms with Crippen molar-refractivity contribution in [2.45, 2.75) is 0 Å². The molecule has 0 bridgehead atoms. The van der Waals surface area contributed by atoms with Gasteiger partial charge in [0.15, 0.2) is 0 Å². The second-order valence-corrected chi connectivity index (χ2v) is 2.99. The lowest BCUT2D eigenvalue weighted by atomic mass is 10.2. The molecule has 2 rings (SSSR count). The van der Waals surface area contributed by atoms with Gasteiger partial charge in [-0.1, -0.05) is 18.2 Å². The van der Waals surface area contributed by atoms with Crippen molar-refractivity contribution in [3.63, 3.8) is 0 Å². The zero-order valence-electron chi connectivity index (χ0n) is 8.05. The first-order valence-corrected chi connectivity index (χ1v) is 4.58. The molecular formula is C12H10N2O. The number of nitrogens with one attached hydrogen (secondary N) is 1. The maximum absolute atomic E-state index is 7.72. The Bertz CT molecular complexity index is 440. The fourth-order valence-electron chi connectivity index (χ4n) is 1.17. The number of ether oxygens (including phenoxy) is 1. The van der Waals surface area contributed by atoms with E-state index in [0.717, 1.165) is 5.56 Å². The summed E-state index contributed by atoms with van der Waals surface area (Å²) in [5, 5.41) is 7.72. The Balaban J connectivity index is 2.12. The largest absolute Gasteiger partial charge is 0.437 e. The van der Waals surface area contributed by atoms with Gasteiger partial charge in [0.2, 0.25) is 5.90 Å². The summed E-state index contributed by atoms with van der Waals surface area (Å²) in [6.45, 7) is 0. The summed E-state index contributed by atoms with van der Waals surface area (Å²) in [4.78, 5) is 3.91. The maximum atomic E-state index is 7.72. The first kappa shape index (κ1) is 9.40. The van der Waals surface area contributed by atoms with Crippen molar-refractivity contribution in [2.24, 2.45) is 0 Å². The molecule has 0 fully saturated rings. The monoisotopic (exact) mass is 198 g/mol. The van der Waals surface area contributed by atoms with Crippen LogP contribution in [0.1, 0.15) is 5.56 Å². The summed E-state index contributed by atoms with van der Waals surface area (Å²) in [5.41, 5.74) is 0.751. The quantitative estimate of drug-likeness (QED) is 0.595. The second kappa shape index (κ2) is 4.37. The van der Waals surface area contributed by atoms with E-state index in [2.05, 4.69) is 4.98 Å². The molecule has 1 aromatic heterocycles. The molecule has 1 aromatic carbocycles. The van der Waals surface area contributed by atoms with E-state index in [1.165, 1.54) is 0 Å². The highest BCUT2D eigenvalue weighted by Crippen LogP contribution is 2.09. The number of benzene rings is 1. The van der Waals surface area contributed by atoms with Gasteiger partial charge in [-0.2, -0.15) is 0 Å². The minimum Gasteiger partial charge on any atom is -0.437 e. The van der Waals surface area contributed by atoms with E-state index in [9.17, 15) is 0 Å². The Hall–Kier alpha value is -2.16. The van der Waals surface area contributed by atoms with Gasteiger partial charge in [-0.25, -0.2) is 0 Å². The molecule has 1 N–H and O–H groups in total. The van der Waals surface area contributed by atoms with Gasteiger partial charge < -0.3 is 4.74 Å². The molecule has 0 amide bonds. The zero-order valence-corrected chi connectivity index (χ0v) is 8.05. The molecule has 0 unspecified atom stereocenters. The van der Waals surface area contributed by atoms with Crippen LogP contribution < -0.4 is 4.74 Å². The predicted octanol–water partition coefficient (Wildman–Crippen LogP) is 2.49. The van der Waals surface area contributed by atoms with Crippen molar-refractivity contribution in [1.29, 1.82) is 5.41 Å². The molecule has 74 valence electrons. The number of nitrogens with zero attached hydrogens (tertiary/aromatic N) is 1. The highest BCUT2D eigenvalue weighted by Gasteiger charge is 2.02. The molecule has 1 heterocycles. The van der Waals surface area contributed by atoms with Gasteiger partial charge in [-0.05, 0) is 24.3 Å². The Morgan fingerprint density at radius 1 is 1.07 bits per heavy atom. The lowest BCUT2D eigenvalue weighted by Crippen LogP contribution is -2.08. The molecule has 0 aliphatic rings. The lowest BCUT2D eigenvalue weighted by molar-refractivity contribution is 0.544. The fourth-order valence-corrected chi connectivity index (χ4v) is 1.17. The van der Waals surface area contributed by atoms with E-state index in [-0.39, 0.29) is 5.90 Å². The highest BCUT2D eigenvalue weighted by atomic mass is 16.5. The Morgan fingerprint density at radius 2 is 1.87 bits per heavy atom. The second-order valence-electron chi connectivity index (χ2n) is 2.99. The average Bonchev–Trinajstić information content (AvgIpc) is 2.31. The molecule has 3 nitrogen and oxygen atoms in total. The van der Waals surface area contributed by atoms with Crippen molar-refractivity contribution >= 4 is 5.90 Å². The molecule has 3 heteroatoms. The van der Waals surface area contributed by atoms with E-state index in [1.54, 1.807) is 24.5 Å². The first-order chi connectivity index (χ1) is 7.36. The van der Waals surface area contributed by atoms with Crippen LogP contribution in [0, 0.1) is 5.41 Å². The van der Waals surface area contributed by atoms with Crippen molar-refractivity contribution in [1.82, 2.24) is 4.98 Å². The number of aromatic nitrogens is 1. The van der Waals surface area contributed by atoms with Crippen molar-refractivity contribution < 1.29 is 4.74 Å². The molecule has 2 aromatic rings. The number of pyridine rings is 1. The minimum absolute atomic E-state index is 0.128. The molecule has 0 aliphatic heterocycles. The van der Waals surface area contributed by atoms with Crippen LogP contribution in [0.3, 0.4) is 0 Å². The predicted molar refractivity (Wildman–Crippen MR) is 58.1 cm³/mol. The van der Waals surface area contributed by atoms with E-state index in [1.807, 2.05) is 30.3 Å². The van der Waals surface area contributed by atoms with Crippen molar-refractivity contribution in [2.75, 3.05) is 0 Å². The van der Waals surface area contributed by atoms with Gasteiger partial charge in [-0.3, -0.25) is 10.4 Å². The van der Waals surface area contributed by atoms with Gasteiger partial charge in [-0.15, -0.1) is 0 Å². The smallest absolute Gasteiger partial charge is 0.219 e. The van der Waals surface area contributed by atoms with E-state index in [4.69, 9.17) is 10.1 Å². The fraction of sp³-hybridized carbons (Fsp3) is 0. The summed E-state index contributed by atoms with van der Waals surface area (Å²) in [7, 11) is 0. The summed E-state index contributed by atoms with van der Waals surface area (Å²) in [6.07, 6.45) is 3.25. The third kappa shape index (κ3) is 2.40. The summed E-state index contributed by atoms with van der Waals surface area (Å²) >= 11 is 0. The van der Waals surface area contributed by atoms with Crippen LogP contribution in [0.2, 0.25) is 0 Å². The zero-order chi connectivity index (χ0) is 10.5. The molecule has 0 saturated heterocycles. The third-order valence-corrected chi connectivity index (χ3v) is 1.89. The van der Waals surface area contributed by atoms with Crippen LogP contribution in [0.25, 0.3) is 0 Å². The van der Waals surface area contributed by atoms with Crippen molar-refractivity contribution in [3.05, 3.63) is 60.4 Å². The van der Waals surface area contributed by atoms with Crippen LogP contribution in [-0.4, -0.2) is 10.9 Å². The van der Waals surface area contributed by atoms with E-state index >= 15 is 0 Å². The van der Waals surface area contributed by atoms with Gasteiger partial charge >= 0.3 is 0 Å². The molecule has 0 radical (unpaired) electrons. The highest BCUT2D eigenvalue weighted by molar-refractivity contribution is 5.93. The maximum Gasteiger partial charge on any atom is 0.219 e. The normalized spacial score (nSPS) is 9.60. The average molecular weight is 198 g/mol.